The van der Waals surface area contributed by atoms with Crippen LogP contribution in [0.15, 0.2) is 59.3 Å². The van der Waals surface area contributed by atoms with Crippen LogP contribution in [-0.2, 0) is 6.54 Å². The highest BCUT2D eigenvalue weighted by atomic mass is 19.1. The minimum absolute atomic E-state index is 0.196. The second-order valence-electron chi connectivity index (χ2n) is 6.07. The molecule has 1 unspecified atom stereocenters. The third kappa shape index (κ3) is 3.08. The first kappa shape index (κ1) is 15.0. The Morgan fingerprint density at radius 2 is 2.00 bits per heavy atom. The van der Waals surface area contributed by atoms with Gasteiger partial charge >= 0.3 is 0 Å². The molecule has 1 atom stereocenters. The Kier molecular flexibility index (Phi) is 4.09. The summed E-state index contributed by atoms with van der Waals surface area (Å²) in [4.78, 5) is 6.65. The van der Waals surface area contributed by atoms with Gasteiger partial charge in [0.25, 0.3) is 0 Å². The minimum Gasteiger partial charge on any atom is -0.359 e. The average Bonchev–Trinajstić information content (AvgIpc) is 3.27. The van der Waals surface area contributed by atoms with E-state index in [0.29, 0.717) is 12.6 Å². The monoisotopic (exact) mass is 323 g/mol. The molecule has 0 amide bonds. The maximum absolute atomic E-state index is 13.1. The van der Waals surface area contributed by atoms with Gasteiger partial charge in [0.1, 0.15) is 11.5 Å². The van der Waals surface area contributed by atoms with Crippen molar-refractivity contribution in [2.75, 3.05) is 6.54 Å². The molecule has 122 valence electrons. The van der Waals surface area contributed by atoms with Crippen LogP contribution in [-0.4, -0.2) is 21.6 Å². The average molecular weight is 323 g/mol. The van der Waals surface area contributed by atoms with E-state index < -0.39 is 0 Å². The Labute approximate surface area is 139 Å². The number of pyridine rings is 1. The predicted molar refractivity (Wildman–Crippen MR) is 88.5 cm³/mol. The second kappa shape index (κ2) is 6.53. The van der Waals surface area contributed by atoms with Crippen molar-refractivity contribution in [1.82, 2.24) is 15.0 Å². The van der Waals surface area contributed by atoms with Crippen molar-refractivity contribution in [3.8, 4) is 11.4 Å². The van der Waals surface area contributed by atoms with Gasteiger partial charge in [0.05, 0.1) is 12.2 Å². The second-order valence-corrected chi connectivity index (χ2v) is 6.07. The first-order chi connectivity index (χ1) is 11.8. The quantitative estimate of drug-likeness (QED) is 0.721. The Balaban J connectivity index is 1.50. The lowest BCUT2D eigenvalue weighted by Gasteiger charge is -2.23. The summed E-state index contributed by atoms with van der Waals surface area (Å²) in [5.41, 5.74) is 2.71. The molecule has 1 saturated heterocycles. The summed E-state index contributed by atoms with van der Waals surface area (Å²) in [6.45, 7) is 1.70. The number of aromatic nitrogens is 2. The highest BCUT2D eigenvalue weighted by Crippen LogP contribution is 2.33. The van der Waals surface area contributed by atoms with E-state index in [2.05, 4.69) is 15.0 Å². The molecule has 0 radical (unpaired) electrons. The normalized spacial score (nSPS) is 18.1. The van der Waals surface area contributed by atoms with E-state index in [1.807, 2.05) is 36.4 Å². The summed E-state index contributed by atoms with van der Waals surface area (Å²) >= 11 is 0. The number of likely N-dealkylation sites (tertiary alicyclic amines) is 1. The Morgan fingerprint density at radius 3 is 2.79 bits per heavy atom. The molecule has 1 aliphatic heterocycles. The molecule has 24 heavy (non-hydrogen) atoms. The summed E-state index contributed by atoms with van der Waals surface area (Å²) in [6, 6.07) is 14.8. The van der Waals surface area contributed by atoms with Crippen LogP contribution in [0.5, 0.6) is 0 Å². The summed E-state index contributed by atoms with van der Waals surface area (Å²) in [7, 11) is 0. The van der Waals surface area contributed by atoms with Gasteiger partial charge in [-0.15, -0.1) is 0 Å². The number of hydrogen-bond donors (Lipinski definition) is 0. The molecule has 1 aliphatic rings. The SMILES string of the molecule is Fc1ccc(C2CCCN2Cc2cc(-c3ccccn3)no2)cc1. The Bertz CT molecular complexity index is 801. The van der Waals surface area contributed by atoms with Crippen LogP contribution in [0, 0.1) is 5.82 Å². The summed E-state index contributed by atoms with van der Waals surface area (Å²) in [6.07, 6.45) is 3.95. The molecule has 0 saturated carbocycles. The van der Waals surface area contributed by atoms with Crippen LogP contribution in [0.4, 0.5) is 4.39 Å². The molecule has 1 fully saturated rings. The number of hydrogen-bond acceptors (Lipinski definition) is 4. The zero-order valence-corrected chi connectivity index (χ0v) is 13.2. The van der Waals surface area contributed by atoms with E-state index in [0.717, 1.165) is 42.1 Å². The lowest BCUT2D eigenvalue weighted by molar-refractivity contribution is 0.217. The first-order valence-corrected chi connectivity index (χ1v) is 8.16. The maximum atomic E-state index is 13.1. The van der Waals surface area contributed by atoms with Gasteiger partial charge in [0, 0.05) is 18.3 Å². The minimum atomic E-state index is -0.196. The van der Waals surface area contributed by atoms with Crippen LogP contribution < -0.4 is 0 Å². The molecule has 4 rings (SSSR count). The van der Waals surface area contributed by atoms with Gasteiger partial charge in [-0.1, -0.05) is 23.4 Å². The first-order valence-electron chi connectivity index (χ1n) is 8.16. The smallest absolute Gasteiger partial charge is 0.151 e. The molecule has 0 spiro atoms. The fourth-order valence-electron chi connectivity index (χ4n) is 3.30. The van der Waals surface area contributed by atoms with E-state index in [4.69, 9.17) is 4.52 Å². The number of benzene rings is 1. The van der Waals surface area contributed by atoms with Crippen molar-refractivity contribution < 1.29 is 8.91 Å². The molecule has 2 aromatic heterocycles. The van der Waals surface area contributed by atoms with Crippen LogP contribution in [0.3, 0.4) is 0 Å². The lowest BCUT2D eigenvalue weighted by Crippen LogP contribution is -2.22. The highest BCUT2D eigenvalue weighted by molar-refractivity contribution is 5.52. The third-order valence-electron chi connectivity index (χ3n) is 4.46. The molecule has 0 bridgehead atoms. The van der Waals surface area contributed by atoms with E-state index in [1.54, 1.807) is 6.20 Å². The molecule has 4 nitrogen and oxygen atoms in total. The van der Waals surface area contributed by atoms with E-state index in [-0.39, 0.29) is 5.82 Å². The molecular weight excluding hydrogens is 305 g/mol. The van der Waals surface area contributed by atoms with Crippen molar-refractivity contribution in [3.63, 3.8) is 0 Å². The highest BCUT2D eigenvalue weighted by Gasteiger charge is 2.27. The molecule has 0 N–H and O–H groups in total. The fraction of sp³-hybridized carbons (Fsp3) is 0.263. The van der Waals surface area contributed by atoms with Gasteiger partial charge in [-0.25, -0.2) is 4.39 Å². The standard InChI is InChI=1S/C19H18FN3O/c20-15-8-6-14(7-9-15)19-5-3-11-23(19)13-16-12-18(22-24-16)17-4-1-2-10-21-17/h1-2,4,6-10,12,19H,3,5,11,13H2. The number of rotatable bonds is 4. The van der Waals surface area contributed by atoms with E-state index in [1.165, 1.54) is 12.1 Å². The van der Waals surface area contributed by atoms with Crippen LogP contribution in [0.2, 0.25) is 0 Å². The largest absolute Gasteiger partial charge is 0.359 e. The van der Waals surface area contributed by atoms with Gasteiger partial charge < -0.3 is 4.52 Å². The van der Waals surface area contributed by atoms with Gasteiger partial charge in [-0.05, 0) is 49.2 Å². The zero-order valence-electron chi connectivity index (χ0n) is 13.2. The molecule has 1 aromatic carbocycles. The van der Waals surface area contributed by atoms with Crippen molar-refractivity contribution >= 4 is 0 Å². The van der Waals surface area contributed by atoms with Crippen molar-refractivity contribution in [3.05, 3.63) is 71.9 Å². The van der Waals surface area contributed by atoms with E-state index >= 15 is 0 Å². The van der Waals surface area contributed by atoms with Crippen molar-refractivity contribution in [1.29, 1.82) is 0 Å². The van der Waals surface area contributed by atoms with Crippen LogP contribution in [0.25, 0.3) is 11.4 Å². The molecule has 0 aliphatic carbocycles. The molecular formula is C19H18FN3O. The van der Waals surface area contributed by atoms with Gasteiger partial charge in [-0.3, -0.25) is 9.88 Å². The van der Waals surface area contributed by atoms with Crippen LogP contribution in [0.1, 0.15) is 30.2 Å². The topological polar surface area (TPSA) is 42.2 Å². The van der Waals surface area contributed by atoms with Gasteiger partial charge in [0.2, 0.25) is 0 Å². The molecule has 5 heteroatoms. The third-order valence-corrected chi connectivity index (χ3v) is 4.46. The molecule has 3 aromatic rings. The molecule has 3 heterocycles. The Morgan fingerprint density at radius 1 is 1.12 bits per heavy atom. The number of halogens is 1. The van der Waals surface area contributed by atoms with E-state index in [9.17, 15) is 4.39 Å². The Hall–Kier alpha value is -2.53. The van der Waals surface area contributed by atoms with Crippen molar-refractivity contribution in [2.45, 2.75) is 25.4 Å². The summed E-state index contributed by atoms with van der Waals surface area (Å²) in [5, 5.41) is 4.12. The van der Waals surface area contributed by atoms with Crippen molar-refractivity contribution in [2.24, 2.45) is 0 Å². The maximum Gasteiger partial charge on any atom is 0.151 e. The number of nitrogens with zero attached hydrogens (tertiary/aromatic N) is 3. The van der Waals surface area contributed by atoms with Crippen LogP contribution >= 0.6 is 0 Å². The summed E-state index contributed by atoms with van der Waals surface area (Å²) < 4.78 is 18.6. The van der Waals surface area contributed by atoms with Gasteiger partial charge in [0.15, 0.2) is 5.76 Å². The fourth-order valence-corrected chi connectivity index (χ4v) is 3.30. The van der Waals surface area contributed by atoms with Gasteiger partial charge in [-0.2, -0.15) is 0 Å². The summed E-state index contributed by atoms with van der Waals surface area (Å²) in [5.74, 6) is 0.628. The zero-order chi connectivity index (χ0) is 16.4. The lowest BCUT2D eigenvalue weighted by atomic mass is 10.0. The predicted octanol–water partition coefficient (Wildman–Crippen LogP) is 4.21.